The molecule has 2 rings (SSSR count). The summed E-state index contributed by atoms with van der Waals surface area (Å²) >= 11 is 0. The number of ether oxygens (including phenoxy) is 2. The summed E-state index contributed by atoms with van der Waals surface area (Å²) in [6.07, 6.45) is 0. The summed E-state index contributed by atoms with van der Waals surface area (Å²) in [5.74, 6) is 1.70. The average molecular weight is 264 g/mol. The Kier molecular flexibility index (Phi) is 4.66. The molecule has 1 saturated heterocycles. The molecule has 4 nitrogen and oxygen atoms in total. The minimum Gasteiger partial charge on any atom is -0.497 e. The average Bonchev–Trinajstić information content (AvgIpc) is 2.37. The molecule has 2 atom stereocenters. The standard InChI is InChI=1S/C15H24N2O2/c1-11-8-17(9-12(2)16-11)10-13-5-14(18-3)7-15(6-13)19-4/h5-7,11-12,16H,8-10H2,1-4H3. The minimum absolute atomic E-state index is 0.538. The second kappa shape index (κ2) is 6.26. The summed E-state index contributed by atoms with van der Waals surface area (Å²) in [5.41, 5.74) is 1.23. The molecule has 0 amide bonds. The lowest BCUT2D eigenvalue weighted by Crippen LogP contribution is -2.53. The fourth-order valence-electron chi connectivity index (χ4n) is 2.79. The van der Waals surface area contributed by atoms with Crippen LogP contribution in [0.5, 0.6) is 11.5 Å². The Morgan fingerprint density at radius 2 is 1.58 bits per heavy atom. The van der Waals surface area contributed by atoms with E-state index < -0.39 is 0 Å². The van der Waals surface area contributed by atoms with Crippen molar-refractivity contribution >= 4 is 0 Å². The van der Waals surface area contributed by atoms with E-state index in [0.717, 1.165) is 31.1 Å². The molecule has 0 aromatic heterocycles. The van der Waals surface area contributed by atoms with Gasteiger partial charge in [0.2, 0.25) is 0 Å². The molecule has 1 aliphatic heterocycles. The predicted octanol–water partition coefficient (Wildman–Crippen LogP) is 1.89. The van der Waals surface area contributed by atoms with Gasteiger partial charge in [0, 0.05) is 37.8 Å². The third-order valence-electron chi connectivity index (χ3n) is 3.45. The Hall–Kier alpha value is -1.26. The van der Waals surface area contributed by atoms with Gasteiger partial charge in [-0.3, -0.25) is 4.90 Å². The summed E-state index contributed by atoms with van der Waals surface area (Å²) < 4.78 is 10.6. The third kappa shape index (κ3) is 3.85. The molecular formula is C15H24N2O2. The fourth-order valence-corrected chi connectivity index (χ4v) is 2.79. The van der Waals surface area contributed by atoms with Crippen molar-refractivity contribution in [3.05, 3.63) is 23.8 Å². The molecule has 0 bridgehead atoms. The van der Waals surface area contributed by atoms with Crippen LogP contribution in [0.25, 0.3) is 0 Å². The van der Waals surface area contributed by atoms with E-state index in [0.29, 0.717) is 12.1 Å². The second-order valence-electron chi connectivity index (χ2n) is 5.38. The molecule has 0 spiro atoms. The summed E-state index contributed by atoms with van der Waals surface area (Å²) in [7, 11) is 3.38. The first kappa shape index (κ1) is 14.2. The highest BCUT2D eigenvalue weighted by Gasteiger charge is 2.21. The van der Waals surface area contributed by atoms with Crippen LogP contribution < -0.4 is 14.8 Å². The molecule has 1 aromatic rings. The van der Waals surface area contributed by atoms with E-state index in [-0.39, 0.29) is 0 Å². The highest BCUT2D eigenvalue weighted by molar-refractivity contribution is 5.38. The summed E-state index contributed by atoms with van der Waals surface area (Å²) in [6, 6.07) is 7.15. The molecule has 1 N–H and O–H groups in total. The van der Waals surface area contributed by atoms with E-state index in [1.54, 1.807) is 14.2 Å². The van der Waals surface area contributed by atoms with E-state index in [1.165, 1.54) is 5.56 Å². The lowest BCUT2D eigenvalue weighted by Gasteiger charge is -2.36. The van der Waals surface area contributed by atoms with Crippen LogP contribution in [0.1, 0.15) is 19.4 Å². The zero-order valence-corrected chi connectivity index (χ0v) is 12.3. The Bertz CT molecular complexity index is 390. The maximum absolute atomic E-state index is 5.32. The summed E-state index contributed by atoms with van der Waals surface area (Å²) in [6.45, 7) is 7.54. The normalized spacial score (nSPS) is 24.2. The van der Waals surface area contributed by atoms with Crippen molar-refractivity contribution in [2.75, 3.05) is 27.3 Å². The third-order valence-corrected chi connectivity index (χ3v) is 3.45. The summed E-state index contributed by atoms with van der Waals surface area (Å²) in [4.78, 5) is 2.47. The van der Waals surface area contributed by atoms with Crippen LogP contribution in [-0.2, 0) is 6.54 Å². The van der Waals surface area contributed by atoms with Crippen LogP contribution in [0.2, 0.25) is 0 Å². The van der Waals surface area contributed by atoms with Gasteiger partial charge >= 0.3 is 0 Å². The SMILES string of the molecule is COc1cc(CN2CC(C)NC(C)C2)cc(OC)c1. The van der Waals surface area contributed by atoms with E-state index in [9.17, 15) is 0 Å². The van der Waals surface area contributed by atoms with Crippen molar-refractivity contribution in [2.24, 2.45) is 0 Å². The van der Waals surface area contributed by atoms with Gasteiger partial charge in [0.25, 0.3) is 0 Å². The van der Waals surface area contributed by atoms with E-state index in [1.807, 2.05) is 6.07 Å². The van der Waals surface area contributed by atoms with Gasteiger partial charge in [-0.25, -0.2) is 0 Å². The minimum atomic E-state index is 0.538. The van der Waals surface area contributed by atoms with Crippen molar-refractivity contribution < 1.29 is 9.47 Å². The van der Waals surface area contributed by atoms with Gasteiger partial charge in [-0.05, 0) is 31.5 Å². The van der Waals surface area contributed by atoms with Crippen molar-refractivity contribution in [3.63, 3.8) is 0 Å². The molecule has 0 aliphatic carbocycles. The molecule has 1 fully saturated rings. The summed E-state index contributed by atoms with van der Waals surface area (Å²) in [5, 5.41) is 3.55. The molecule has 1 aliphatic rings. The maximum Gasteiger partial charge on any atom is 0.122 e. The Morgan fingerprint density at radius 1 is 1.05 bits per heavy atom. The van der Waals surface area contributed by atoms with Crippen LogP contribution in [-0.4, -0.2) is 44.3 Å². The molecule has 1 heterocycles. The molecule has 0 saturated carbocycles. The van der Waals surface area contributed by atoms with Crippen LogP contribution in [0.3, 0.4) is 0 Å². The molecule has 19 heavy (non-hydrogen) atoms. The highest BCUT2D eigenvalue weighted by Crippen LogP contribution is 2.23. The molecule has 1 aromatic carbocycles. The molecular weight excluding hydrogens is 240 g/mol. The van der Waals surface area contributed by atoms with Crippen LogP contribution >= 0.6 is 0 Å². The van der Waals surface area contributed by atoms with Gasteiger partial charge in [0.15, 0.2) is 0 Å². The lowest BCUT2D eigenvalue weighted by molar-refractivity contribution is 0.166. The number of rotatable bonds is 4. The van der Waals surface area contributed by atoms with Crippen LogP contribution in [0.4, 0.5) is 0 Å². The first-order valence-corrected chi connectivity index (χ1v) is 6.81. The predicted molar refractivity (Wildman–Crippen MR) is 76.9 cm³/mol. The molecule has 0 radical (unpaired) electrons. The van der Waals surface area contributed by atoms with Gasteiger partial charge in [-0.15, -0.1) is 0 Å². The Balaban J connectivity index is 2.09. The number of methoxy groups -OCH3 is 2. The smallest absolute Gasteiger partial charge is 0.122 e. The zero-order valence-electron chi connectivity index (χ0n) is 12.3. The van der Waals surface area contributed by atoms with E-state index in [4.69, 9.17) is 9.47 Å². The Morgan fingerprint density at radius 3 is 2.05 bits per heavy atom. The number of hydrogen-bond donors (Lipinski definition) is 1. The van der Waals surface area contributed by atoms with Gasteiger partial charge < -0.3 is 14.8 Å². The Labute approximate surface area is 115 Å². The first-order valence-electron chi connectivity index (χ1n) is 6.81. The number of hydrogen-bond acceptors (Lipinski definition) is 4. The zero-order chi connectivity index (χ0) is 13.8. The highest BCUT2D eigenvalue weighted by atomic mass is 16.5. The van der Waals surface area contributed by atoms with E-state index in [2.05, 4.69) is 36.2 Å². The maximum atomic E-state index is 5.32. The van der Waals surface area contributed by atoms with Gasteiger partial charge in [-0.1, -0.05) is 0 Å². The largest absolute Gasteiger partial charge is 0.497 e. The second-order valence-corrected chi connectivity index (χ2v) is 5.38. The number of nitrogens with zero attached hydrogens (tertiary/aromatic N) is 1. The topological polar surface area (TPSA) is 33.7 Å². The quantitative estimate of drug-likeness (QED) is 0.900. The van der Waals surface area contributed by atoms with Crippen molar-refractivity contribution in [1.82, 2.24) is 10.2 Å². The molecule has 2 unspecified atom stereocenters. The molecule has 4 heteroatoms. The van der Waals surface area contributed by atoms with Crippen molar-refractivity contribution in [3.8, 4) is 11.5 Å². The molecule has 106 valence electrons. The first-order chi connectivity index (χ1) is 9.10. The fraction of sp³-hybridized carbons (Fsp3) is 0.600. The van der Waals surface area contributed by atoms with Gasteiger partial charge in [-0.2, -0.15) is 0 Å². The van der Waals surface area contributed by atoms with Crippen LogP contribution in [0, 0.1) is 0 Å². The number of nitrogens with one attached hydrogen (secondary N) is 1. The van der Waals surface area contributed by atoms with Crippen LogP contribution in [0.15, 0.2) is 18.2 Å². The van der Waals surface area contributed by atoms with Crippen molar-refractivity contribution in [2.45, 2.75) is 32.5 Å². The van der Waals surface area contributed by atoms with Crippen molar-refractivity contribution in [1.29, 1.82) is 0 Å². The van der Waals surface area contributed by atoms with Gasteiger partial charge in [0.1, 0.15) is 11.5 Å². The lowest BCUT2D eigenvalue weighted by atomic mass is 10.1. The monoisotopic (exact) mass is 264 g/mol. The number of piperazine rings is 1. The van der Waals surface area contributed by atoms with Gasteiger partial charge in [0.05, 0.1) is 14.2 Å². The van der Waals surface area contributed by atoms with E-state index >= 15 is 0 Å². The number of benzene rings is 1.